The molecule has 0 aromatic carbocycles. The Morgan fingerprint density at radius 3 is 2.88 bits per heavy atom. The van der Waals surface area contributed by atoms with Crippen LogP contribution in [0, 0.1) is 11.3 Å². The predicted molar refractivity (Wildman–Crippen MR) is 33.4 cm³/mol. The van der Waals surface area contributed by atoms with Crippen LogP contribution in [-0.2, 0) is 0 Å². The van der Waals surface area contributed by atoms with Crippen LogP contribution in [0.5, 0.6) is 0 Å². The van der Waals surface area contributed by atoms with Crippen molar-refractivity contribution in [3.05, 3.63) is 24.9 Å². The Morgan fingerprint density at radius 1 is 1.62 bits per heavy atom. The van der Waals surface area contributed by atoms with E-state index in [1.165, 1.54) is 6.20 Å². The van der Waals surface area contributed by atoms with Crippen molar-refractivity contribution >= 4 is 6.21 Å². The summed E-state index contributed by atoms with van der Waals surface area (Å²) in [5, 5.41) is 7.91. The van der Waals surface area contributed by atoms with E-state index in [9.17, 15) is 0 Å². The molecule has 0 radical (unpaired) electrons. The van der Waals surface area contributed by atoms with Gasteiger partial charge in [-0.25, -0.2) is 0 Å². The van der Waals surface area contributed by atoms with E-state index in [2.05, 4.69) is 11.6 Å². The first-order valence-corrected chi connectivity index (χ1v) is 2.10. The zero-order chi connectivity index (χ0) is 6.24. The topological polar surface area (TPSA) is 36.1 Å². The molecule has 0 heterocycles. The van der Waals surface area contributed by atoms with Gasteiger partial charge in [-0.15, -0.1) is 0 Å². The summed E-state index contributed by atoms with van der Waals surface area (Å²) < 4.78 is 0. The Bertz CT molecular complexity index is 148. The second kappa shape index (κ2) is 5.64. The highest BCUT2D eigenvalue weighted by molar-refractivity contribution is 5.75. The van der Waals surface area contributed by atoms with Gasteiger partial charge in [-0.1, -0.05) is 12.7 Å². The van der Waals surface area contributed by atoms with Crippen LogP contribution in [0.4, 0.5) is 0 Å². The fourth-order valence-corrected chi connectivity index (χ4v) is 0.187. The molecule has 0 aliphatic carbocycles. The highest BCUT2D eigenvalue weighted by Crippen LogP contribution is 1.71. The number of hydrogen-bond acceptors (Lipinski definition) is 2. The molecule has 0 N–H and O–H groups in total. The number of aliphatic imine (C=N–C) groups is 1. The zero-order valence-electron chi connectivity index (χ0n) is 4.41. The fraction of sp³-hybridized carbons (Fsp3) is 0. The van der Waals surface area contributed by atoms with Gasteiger partial charge in [0, 0.05) is 6.20 Å². The molecule has 0 atom stereocenters. The molecule has 0 spiro atoms. The van der Waals surface area contributed by atoms with Gasteiger partial charge in [-0.3, -0.25) is 4.99 Å². The van der Waals surface area contributed by atoms with Gasteiger partial charge >= 0.3 is 0 Å². The molecule has 0 saturated heterocycles. The van der Waals surface area contributed by atoms with E-state index in [1.807, 2.05) is 0 Å². The largest absolute Gasteiger partial charge is 0.254 e. The number of nitrogens with zero attached hydrogens (tertiary/aromatic N) is 2. The minimum atomic E-state index is 1.15. The van der Waals surface area contributed by atoms with Crippen molar-refractivity contribution in [2.24, 2.45) is 4.99 Å². The average molecular weight is 106 g/mol. The quantitative estimate of drug-likeness (QED) is 0.386. The molecule has 0 unspecified atom stereocenters. The van der Waals surface area contributed by atoms with Crippen LogP contribution in [0.3, 0.4) is 0 Å². The van der Waals surface area contributed by atoms with E-state index in [1.54, 1.807) is 18.2 Å². The standard InChI is InChI=1S/C6H6N2/c1-2-3-5-8-6-4-7/h2-3,5-6H,1H2/b5-3-,8-6?. The molecule has 0 rings (SSSR count). The second-order valence-corrected chi connectivity index (χ2v) is 0.984. The molecular weight excluding hydrogens is 100 g/mol. The molecule has 2 nitrogen and oxygen atoms in total. The molecule has 8 heavy (non-hydrogen) atoms. The van der Waals surface area contributed by atoms with Gasteiger partial charge in [0.05, 0.1) is 0 Å². The highest BCUT2D eigenvalue weighted by atomic mass is 14.7. The summed E-state index contributed by atoms with van der Waals surface area (Å²) in [5.41, 5.74) is 0. The molecule has 0 fully saturated rings. The van der Waals surface area contributed by atoms with Crippen LogP contribution >= 0.6 is 0 Å². The lowest BCUT2D eigenvalue weighted by Gasteiger charge is -1.65. The van der Waals surface area contributed by atoms with Gasteiger partial charge in [0.25, 0.3) is 0 Å². The van der Waals surface area contributed by atoms with Crippen molar-refractivity contribution in [2.75, 3.05) is 0 Å². The van der Waals surface area contributed by atoms with Crippen LogP contribution in [0.1, 0.15) is 0 Å². The lowest BCUT2D eigenvalue weighted by Crippen LogP contribution is -1.56. The smallest absolute Gasteiger partial charge is 0.111 e. The molecule has 2 heteroatoms. The van der Waals surface area contributed by atoms with E-state index >= 15 is 0 Å². The Morgan fingerprint density at radius 2 is 2.38 bits per heavy atom. The Hall–Kier alpha value is -1.36. The van der Waals surface area contributed by atoms with E-state index in [-0.39, 0.29) is 0 Å². The first-order valence-electron chi connectivity index (χ1n) is 2.10. The summed E-state index contributed by atoms with van der Waals surface area (Å²) in [4.78, 5) is 3.54. The molecule has 0 aromatic heterocycles. The van der Waals surface area contributed by atoms with Crippen LogP contribution in [0.15, 0.2) is 29.9 Å². The van der Waals surface area contributed by atoms with E-state index in [0.29, 0.717) is 0 Å². The van der Waals surface area contributed by atoms with Crippen LogP contribution in [0.2, 0.25) is 0 Å². The summed E-state index contributed by atoms with van der Waals surface area (Å²) >= 11 is 0. The third-order valence-corrected chi connectivity index (χ3v) is 0.440. The van der Waals surface area contributed by atoms with Gasteiger partial charge in [0.15, 0.2) is 0 Å². The van der Waals surface area contributed by atoms with Crippen molar-refractivity contribution in [1.29, 1.82) is 5.26 Å². The zero-order valence-corrected chi connectivity index (χ0v) is 4.41. The average Bonchev–Trinajstić information content (AvgIpc) is 1.81. The molecule has 0 aliphatic heterocycles. The summed E-state index contributed by atoms with van der Waals surface area (Å²) in [6, 6.07) is 1.75. The minimum Gasteiger partial charge on any atom is -0.254 e. The second-order valence-electron chi connectivity index (χ2n) is 0.984. The van der Waals surface area contributed by atoms with Crippen molar-refractivity contribution in [1.82, 2.24) is 0 Å². The summed E-state index contributed by atoms with van der Waals surface area (Å²) in [6.45, 7) is 3.41. The van der Waals surface area contributed by atoms with E-state index in [0.717, 1.165) is 6.21 Å². The van der Waals surface area contributed by atoms with Crippen LogP contribution in [0.25, 0.3) is 0 Å². The number of allylic oxidation sites excluding steroid dienone is 2. The van der Waals surface area contributed by atoms with Crippen LogP contribution < -0.4 is 0 Å². The SMILES string of the molecule is C=C/C=C\N=CC#N. The summed E-state index contributed by atoms with van der Waals surface area (Å²) in [5.74, 6) is 0. The number of nitriles is 1. The van der Waals surface area contributed by atoms with E-state index in [4.69, 9.17) is 5.26 Å². The van der Waals surface area contributed by atoms with Crippen molar-refractivity contribution in [2.45, 2.75) is 0 Å². The number of rotatable bonds is 2. The maximum Gasteiger partial charge on any atom is 0.111 e. The van der Waals surface area contributed by atoms with Gasteiger partial charge in [0.2, 0.25) is 0 Å². The van der Waals surface area contributed by atoms with Gasteiger partial charge in [-0.2, -0.15) is 5.26 Å². The Kier molecular flexibility index (Phi) is 4.68. The summed E-state index contributed by atoms with van der Waals surface area (Å²) in [6.07, 6.45) is 5.89. The molecule has 0 aliphatic rings. The van der Waals surface area contributed by atoms with Crippen molar-refractivity contribution in [3.8, 4) is 6.07 Å². The molecule has 0 amide bonds. The van der Waals surface area contributed by atoms with Crippen molar-refractivity contribution in [3.63, 3.8) is 0 Å². The van der Waals surface area contributed by atoms with Crippen LogP contribution in [-0.4, -0.2) is 6.21 Å². The first kappa shape index (κ1) is 6.64. The lowest BCUT2D eigenvalue weighted by atomic mass is 10.6. The van der Waals surface area contributed by atoms with E-state index < -0.39 is 0 Å². The molecule has 40 valence electrons. The third kappa shape index (κ3) is 4.64. The predicted octanol–water partition coefficient (Wildman–Crippen LogP) is 1.28. The number of hydrogen-bond donors (Lipinski definition) is 0. The van der Waals surface area contributed by atoms with Crippen molar-refractivity contribution < 1.29 is 0 Å². The molecular formula is C6H6N2. The monoisotopic (exact) mass is 106 g/mol. The normalized spacial score (nSPS) is 9.88. The first-order chi connectivity index (χ1) is 3.91. The molecule has 0 bridgehead atoms. The van der Waals surface area contributed by atoms with Gasteiger partial charge < -0.3 is 0 Å². The van der Waals surface area contributed by atoms with Gasteiger partial charge in [-0.05, 0) is 6.08 Å². The molecule has 0 saturated carbocycles. The lowest BCUT2D eigenvalue weighted by molar-refractivity contribution is 1.53. The van der Waals surface area contributed by atoms with Gasteiger partial charge in [0.1, 0.15) is 12.3 Å². The third-order valence-electron chi connectivity index (χ3n) is 0.440. The summed E-state index contributed by atoms with van der Waals surface area (Å²) in [7, 11) is 0. The fourth-order valence-electron chi connectivity index (χ4n) is 0.187. The maximum absolute atomic E-state index is 7.91. The minimum absolute atomic E-state index is 1.15. The Labute approximate surface area is 48.5 Å². The Balaban J connectivity index is 3.46. The molecule has 0 aromatic rings. The maximum atomic E-state index is 7.91. The highest BCUT2D eigenvalue weighted by Gasteiger charge is 1.56.